The van der Waals surface area contributed by atoms with Crippen LogP contribution in [0.25, 0.3) is 11.0 Å². The van der Waals surface area contributed by atoms with Crippen molar-refractivity contribution in [1.29, 1.82) is 0 Å². The number of rotatable bonds is 5. The SMILES string of the molecule is CCN(CC)C(=O)c1cc(C2CC2)nc2c1cnn2C(C)C. The number of hydrogen-bond donors (Lipinski definition) is 0. The summed E-state index contributed by atoms with van der Waals surface area (Å²) in [6.45, 7) is 9.64. The molecule has 0 N–H and O–H groups in total. The second kappa shape index (κ2) is 5.71. The molecule has 0 unspecified atom stereocenters. The van der Waals surface area contributed by atoms with E-state index in [2.05, 4.69) is 18.9 Å². The van der Waals surface area contributed by atoms with E-state index in [4.69, 9.17) is 4.98 Å². The van der Waals surface area contributed by atoms with Gasteiger partial charge in [0.25, 0.3) is 5.91 Å². The summed E-state index contributed by atoms with van der Waals surface area (Å²) in [6.07, 6.45) is 4.14. The molecule has 5 heteroatoms. The Morgan fingerprint density at radius 1 is 1.36 bits per heavy atom. The number of carbonyl (C=O) groups is 1. The minimum atomic E-state index is 0.0857. The summed E-state index contributed by atoms with van der Waals surface area (Å²) in [7, 11) is 0. The van der Waals surface area contributed by atoms with E-state index in [0.717, 1.165) is 35.4 Å². The van der Waals surface area contributed by atoms with Gasteiger partial charge in [0.05, 0.1) is 17.1 Å². The van der Waals surface area contributed by atoms with Gasteiger partial charge in [0.1, 0.15) is 0 Å². The average Bonchev–Trinajstić information content (AvgIpc) is 3.26. The van der Waals surface area contributed by atoms with Gasteiger partial charge in [-0.15, -0.1) is 0 Å². The molecular formula is C17H24N4O. The first-order chi connectivity index (χ1) is 10.6. The Hall–Kier alpha value is -1.91. The van der Waals surface area contributed by atoms with Crippen LogP contribution < -0.4 is 0 Å². The van der Waals surface area contributed by atoms with Gasteiger partial charge in [0.2, 0.25) is 0 Å². The standard InChI is InChI=1S/C17H24N4O/c1-5-20(6-2)17(22)13-9-15(12-7-8-12)19-16-14(13)10-18-21(16)11(3)4/h9-12H,5-8H2,1-4H3. The molecule has 2 aromatic heterocycles. The second-order valence-corrected chi connectivity index (χ2v) is 6.27. The zero-order valence-corrected chi connectivity index (χ0v) is 13.8. The molecule has 3 rings (SSSR count). The topological polar surface area (TPSA) is 51.0 Å². The predicted octanol–water partition coefficient (Wildman–Crippen LogP) is 3.37. The first-order valence-electron chi connectivity index (χ1n) is 8.24. The molecule has 118 valence electrons. The molecule has 22 heavy (non-hydrogen) atoms. The van der Waals surface area contributed by atoms with Crippen LogP contribution in [0.1, 0.15) is 68.5 Å². The van der Waals surface area contributed by atoms with Crippen molar-refractivity contribution in [2.75, 3.05) is 13.1 Å². The molecule has 5 nitrogen and oxygen atoms in total. The first-order valence-corrected chi connectivity index (χ1v) is 8.24. The van der Waals surface area contributed by atoms with Gasteiger partial charge in [-0.3, -0.25) is 4.79 Å². The van der Waals surface area contributed by atoms with Gasteiger partial charge in [-0.2, -0.15) is 5.10 Å². The molecule has 0 bridgehead atoms. The maximum atomic E-state index is 12.9. The third-order valence-corrected chi connectivity index (χ3v) is 4.35. The fourth-order valence-electron chi connectivity index (χ4n) is 2.86. The maximum Gasteiger partial charge on any atom is 0.254 e. The molecule has 1 aliphatic carbocycles. The fourth-order valence-corrected chi connectivity index (χ4v) is 2.86. The molecule has 0 radical (unpaired) electrons. The highest BCUT2D eigenvalue weighted by Crippen LogP contribution is 2.40. The zero-order chi connectivity index (χ0) is 15.9. The second-order valence-electron chi connectivity index (χ2n) is 6.27. The summed E-state index contributed by atoms with van der Waals surface area (Å²) in [6, 6.07) is 2.23. The summed E-state index contributed by atoms with van der Waals surface area (Å²) in [5.74, 6) is 0.603. The van der Waals surface area contributed by atoms with Crippen molar-refractivity contribution in [2.45, 2.75) is 52.5 Å². The van der Waals surface area contributed by atoms with Crippen molar-refractivity contribution in [3.8, 4) is 0 Å². The van der Waals surface area contributed by atoms with E-state index >= 15 is 0 Å². The Morgan fingerprint density at radius 2 is 2.05 bits per heavy atom. The maximum absolute atomic E-state index is 12.9. The van der Waals surface area contributed by atoms with Crippen LogP contribution in [0.4, 0.5) is 0 Å². The Morgan fingerprint density at radius 3 is 2.59 bits per heavy atom. The number of nitrogens with zero attached hydrogens (tertiary/aromatic N) is 4. The Bertz CT molecular complexity index is 696. The van der Waals surface area contributed by atoms with Gasteiger partial charge in [-0.1, -0.05) is 0 Å². The fraction of sp³-hybridized carbons (Fsp3) is 0.588. The summed E-state index contributed by atoms with van der Waals surface area (Å²) in [4.78, 5) is 19.5. The van der Waals surface area contributed by atoms with Crippen LogP contribution in [-0.4, -0.2) is 38.7 Å². The van der Waals surface area contributed by atoms with Crippen molar-refractivity contribution in [3.05, 3.63) is 23.5 Å². The Kier molecular flexibility index (Phi) is 3.89. The van der Waals surface area contributed by atoms with Gasteiger partial charge in [0.15, 0.2) is 5.65 Å². The number of fused-ring (bicyclic) bond motifs is 1. The van der Waals surface area contributed by atoms with Gasteiger partial charge in [-0.25, -0.2) is 9.67 Å². The van der Waals surface area contributed by atoms with Crippen LogP contribution in [0.2, 0.25) is 0 Å². The molecule has 2 heterocycles. The molecule has 0 aliphatic heterocycles. The number of carbonyl (C=O) groups excluding carboxylic acids is 1. The minimum Gasteiger partial charge on any atom is -0.339 e. The van der Waals surface area contributed by atoms with Crippen molar-refractivity contribution in [1.82, 2.24) is 19.7 Å². The van der Waals surface area contributed by atoms with E-state index in [0.29, 0.717) is 5.92 Å². The van der Waals surface area contributed by atoms with E-state index in [1.54, 1.807) is 6.20 Å². The molecule has 0 saturated heterocycles. The number of aromatic nitrogens is 3. The minimum absolute atomic E-state index is 0.0857. The average molecular weight is 300 g/mol. The van der Waals surface area contributed by atoms with Crippen molar-refractivity contribution in [3.63, 3.8) is 0 Å². The summed E-state index contributed by atoms with van der Waals surface area (Å²) >= 11 is 0. The molecule has 2 aromatic rings. The van der Waals surface area contributed by atoms with E-state index in [-0.39, 0.29) is 11.9 Å². The summed E-state index contributed by atoms with van der Waals surface area (Å²) in [5, 5.41) is 5.32. The van der Waals surface area contributed by atoms with Crippen LogP contribution in [0.15, 0.2) is 12.3 Å². The van der Waals surface area contributed by atoms with Crippen LogP contribution in [0.5, 0.6) is 0 Å². The van der Waals surface area contributed by atoms with Gasteiger partial charge in [0, 0.05) is 30.7 Å². The molecule has 1 saturated carbocycles. The van der Waals surface area contributed by atoms with Crippen molar-refractivity contribution >= 4 is 16.9 Å². The van der Waals surface area contributed by atoms with E-state index in [9.17, 15) is 4.79 Å². The van der Waals surface area contributed by atoms with Gasteiger partial charge >= 0.3 is 0 Å². The summed E-state index contributed by atoms with van der Waals surface area (Å²) < 4.78 is 1.92. The van der Waals surface area contributed by atoms with Crippen molar-refractivity contribution < 1.29 is 4.79 Å². The highest BCUT2D eigenvalue weighted by atomic mass is 16.2. The molecule has 0 atom stereocenters. The first kappa shape index (κ1) is 15.0. The third kappa shape index (κ3) is 2.49. The van der Waals surface area contributed by atoms with Crippen LogP contribution in [-0.2, 0) is 0 Å². The largest absolute Gasteiger partial charge is 0.339 e. The lowest BCUT2D eigenvalue weighted by Crippen LogP contribution is -2.30. The number of hydrogen-bond acceptors (Lipinski definition) is 3. The highest BCUT2D eigenvalue weighted by Gasteiger charge is 2.28. The van der Waals surface area contributed by atoms with Crippen molar-refractivity contribution in [2.24, 2.45) is 0 Å². The van der Waals surface area contributed by atoms with E-state index < -0.39 is 0 Å². The zero-order valence-electron chi connectivity index (χ0n) is 13.8. The van der Waals surface area contributed by atoms with Gasteiger partial charge < -0.3 is 4.90 Å². The van der Waals surface area contributed by atoms with Crippen LogP contribution >= 0.6 is 0 Å². The molecule has 1 fully saturated rings. The highest BCUT2D eigenvalue weighted by molar-refractivity contribution is 6.05. The predicted molar refractivity (Wildman–Crippen MR) is 87.1 cm³/mol. The van der Waals surface area contributed by atoms with Crippen LogP contribution in [0, 0.1) is 0 Å². The number of amides is 1. The Labute approximate surface area is 131 Å². The van der Waals surface area contributed by atoms with E-state index in [1.807, 2.05) is 29.5 Å². The van der Waals surface area contributed by atoms with E-state index in [1.165, 1.54) is 12.8 Å². The van der Waals surface area contributed by atoms with Crippen LogP contribution in [0.3, 0.4) is 0 Å². The molecule has 0 aromatic carbocycles. The molecule has 1 aliphatic rings. The lowest BCUT2D eigenvalue weighted by atomic mass is 10.1. The monoisotopic (exact) mass is 300 g/mol. The smallest absolute Gasteiger partial charge is 0.254 e. The number of pyridine rings is 1. The summed E-state index contributed by atoms with van der Waals surface area (Å²) in [5.41, 5.74) is 2.64. The molecular weight excluding hydrogens is 276 g/mol. The quantitative estimate of drug-likeness (QED) is 0.850. The lowest BCUT2D eigenvalue weighted by Gasteiger charge is -2.19. The normalized spacial score (nSPS) is 14.8. The third-order valence-electron chi connectivity index (χ3n) is 4.35. The molecule has 1 amide bonds. The lowest BCUT2D eigenvalue weighted by molar-refractivity contribution is 0.0774. The van der Waals surface area contributed by atoms with Gasteiger partial charge in [-0.05, 0) is 46.6 Å². The molecule has 0 spiro atoms. The Balaban J connectivity index is 2.17.